The molecule has 0 unspecified atom stereocenters. The molecule has 4 rings (SSSR count). The molecular weight excluding hydrogens is 516 g/mol. The van der Waals surface area contributed by atoms with E-state index in [9.17, 15) is 17.9 Å². The smallest absolute Gasteiger partial charge is 0.269 e. The van der Waals surface area contributed by atoms with Gasteiger partial charge in [0.05, 0.1) is 32.6 Å². The average molecular weight is 540 g/mol. The number of methoxy groups -OCH3 is 2. The van der Waals surface area contributed by atoms with Gasteiger partial charge in [-0.15, -0.1) is 0 Å². The number of benzene rings is 2. The van der Waals surface area contributed by atoms with Gasteiger partial charge in [-0.2, -0.15) is 4.39 Å². The molecule has 0 bridgehead atoms. The normalized spacial score (nSPS) is 13.9. The highest BCUT2D eigenvalue weighted by Gasteiger charge is 2.35. The minimum atomic E-state index is -4.65. The molecule has 1 aromatic heterocycles. The van der Waals surface area contributed by atoms with E-state index in [1.807, 2.05) is 0 Å². The Kier molecular flexibility index (Phi) is 7.26. The minimum absolute atomic E-state index is 0.0939. The lowest BCUT2D eigenvalue weighted by Crippen LogP contribution is -2.51. The first-order valence-electron chi connectivity index (χ1n) is 10.8. The van der Waals surface area contributed by atoms with Crippen LogP contribution < -0.4 is 18.7 Å². The highest BCUT2D eigenvalue weighted by Crippen LogP contribution is 2.39. The number of ether oxygens (including phenoxy) is 2. The predicted octanol–water partition coefficient (Wildman–Crippen LogP) is 3.92. The molecular formula is C24H24ClF2N3O5S. The molecule has 2 heterocycles. The van der Waals surface area contributed by atoms with Crippen LogP contribution in [0.25, 0.3) is 0 Å². The van der Waals surface area contributed by atoms with Crippen LogP contribution in [0.1, 0.15) is 11.1 Å². The topological polar surface area (TPSA) is 92.2 Å². The van der Waals surface area contributed by atoms with Crippen molar-refractivity contribution in [3.05, 3.63) is 70.4 Å². The van der Waals surface area contributed by atoms with Gasteiger partial charge in [-0.05, 0) is 42.8 Å². The molecule has 2 aromatic carbocycles. The molecule has 36 heavy (non-hydrogen) atoms. The van der Waals surface area contributed by atoms with E-state index in [-0.39, 0.29) is 41.7 Å². The fourth-order valence-corrected chi connectivity index (χ4v) is 5.99. The van der Waals surface area contributed by atoms with Crippen molar-refractivity contribution in [3.63, 3.8) is 0 Å². The monoisotopic (exact) mass is 539 g/mol. The number of aliphatic hydroxyl groups excluding tert-OH is 1. The molecule has 1 saturated heterocycles. The fourth-order valence-electron chi connectivity index (χ4n) is 3.99. The Bertz CT molecular complexity index is 1400. The van der Waals surface area contributed by atoms with E-state index in [4.69, 9.17) is 21.1 Å². The van der Waals surface area contributed by atoms with Crippen molar-refractivity contribution in [1.29, 1.82) is 0 Å². The molecule has 0 aliphatic carbocycles. The standard InChI is InChI=1S/C24H24ClF2N3O5S/c1-14-9-18(29-12-16(31)13-29)22(25)23(27)24(14)36(32,33)30(21-6-4-5-20(26)28-21)11-15-7-8-17(34-2)10-19(15)35-3/h4-10,16,31H,11-13H2,1-3H3. The summed E-state index contributed by atoms with van der Waals surface area (Å²) in [6.07, 6.45) is -0.568. The predicted molar refractivity (Wildman–Crippen MR) is 131 cm³/mol. The van der Waals surface area contributed by atoms with E-state index < -0.39 is 32.8 Å². The van der Waals surface area contributed by atoms with Gasteiger partial charge >= 0.3 is 0 Å². The summed E-state index contributed by atoms with van der Waals surface area (Å²) in [5, 5.41) is 9.20. The van der Waals surface area contributed by atoms with E-state index in [1.54, 1.807) is 23.1 Å². The van der Waals surface area contributed by atoms with Crippen molar-refractivity contribution in [2.45, 2.75) is 24.5 Å². The third-order valence-electron chi connectivity index (χ3n) is 5.84. The van der Waals surface area contributed by atoms with Gasteiger partial charge in [0.2, 0.25) is 5.95 Å². The highest BCUT2D eigenvalue weighted by atomic mass is 35.5. The second-order valence-corrected chi connectivity index (χ2v) is 10.4. The number of aliphatic hydroxyl groups is 1. The van der Waals surface area contributed by atoms with Gasteiger partial charge in [-0.3, -0.25) is 0 Å². The molecule has 0 radical (unpaired) electrons. The lowest BCUT2D eigenvalue weighted by atomic mass is 10.1. The van der Waals surface area contributed by atoms with Gasteiger partial charge in [0.25, 0.3) is 10.0 Å². The molecule has 1 aliphatic heterocycles. The van der Waals surface area contributed by atoms with Crippen molar-refractivity contribution in [1.82, 2.24) is 4.98 Å². The maximum Gasteiger partial charge on any atom is 0.269 e. The third kappa shape index (κ3) is 4.78. The largest absolute Gasteiger partial charge is 0.497 e. The molecule has 1 N–H and O–H groups in total. The van der Waals surface area contributed by atoms with Crippen molar-refractivity contribution >= 4 is 33.1 Å². The minimum Gasteiger partial charge on any atom is -0.497 e. The summed E-state index contributed by atoms with van der Waals surface area (Å²) in [5.41, 5.74) is 0.780. The van der Waals surface area contributed by atoms with Crippen LogP contribution in [0.2, 0.25) is 5.02 Å². The lowest BCUT2D eigenvalue weighted by Gasteiger charge is -2.38. The quantitative estimate of drug-likeness (QED) is 0.434. The van der Waals surface area contributed by atoms with Gasteiger partial charge < -0.3 is 19.5 Å². The number of aromatic nitrogens is 1. The maximum absolute atomic E-state index is 15.6. The zero-order chi connectivity index (χ0) is 26.2. The fraction of sp³-hybridized carbons (Fsp3) is 0.292. The summed E-state index contributed by atoms with van der Waals surface area (Å²) in [4.78, 5) is 4.72. The first-order chi connectivity index (χ1) is 17.1. The number of β-amino-alcohol motifs (C(OH)–C–C–N with tert-alkyl or cyclic N) is 1. The number of sulfonamides is 1. The Labute approximate surface area is 212 Å². The first kappa shape index (κ1) is 25.9. The Balaban J connectivity index is 1.84. The van der Waals surface area contributed by atoms with Gasteiger partial charge in [0, 0.05) is 24.7 Å². The van der Waals surface area contributed by atoms with Crippen molar-refractivity contribution in [2.75, 3.05) is 36.5 Å². The van der Waals surface area contributed by atoms with Crippen molar-refractivity contribution in [2.24, 2.45) is 0 Å². The Morgan fingerprint density at radius 2 is 1.89 bits per heavy atom. The van der Waals surface area contributed by atoms with Crippen LogP contribution in [0, 0.1) is 18.7 Å². The Hall–Kier alpha value is -3.15. The summed E-state index contributed by atoms with van der Waals surface area (Å²) in [6, 6.07) is 9.91. The van der Waals surface area contributed by atoms with Gasteiger partial charge in [0.15, 0.2) is 5.82 Å². The van der Waals surface area contributed by atoms with E-state index in [1.165, 1.54) is 39.3 Å². The zero-order valence-electron chi connectivity index (χ0n) is 19.7. The van der Waals surface area contributed by atoms with Gasteiger partial charge in [0.1, 0.15) is 27.2 Å². The summed E-state index contributed by atoms with van der Waals surface area (Å²) in [7, 11) is -1.76. The number of hydrogen-bond donors (Lipinski definition) is 1. The summed E-state index contributed by atoms with van der Waals surface area (Å²) in [6.45, 7) is 1.60. The van der Waals surface area contributed by atoms with Gasteiger partial charge in [-0.25, -0.2) is 22.1 Å². The molecule has 192 valence electrons. The third-order valence-corrected chi connectivity index (χ3v) is 8.12. The second-order valence-electron chi connectivity index (χ2n) is 8.24. The second kappa shape index (κ2) is 10.1. The lowest BCUT2D eigenvalue weighted by molar-refractivity contribution is 0.142. The van der Waals surface area contributed by atoms with Crippen LogP contribution in [0.5, 0.6) is 11.5 Å². The zero-order valence-corrected chi connectivity index (χ0v) is 21.3. The number of pyridine rings is 1. The van der Waals surface area contributed by atoms with E-state index in [0.29, 0.717) is 17.1 Å². The molecule has 0 saturated carbocycles. The maximum atomic E-state index is 15.6. The van der Waals surface area contributed by atoms with Crippen LogP contribution in [-0.4, -0.2) is 51.9 Å². The van der Waals surface area contributed by atoms with Crippen LogP contribution in [0.3, 0.4) is 0 Å². The molecule has 1 aliphatic rings. The Morgan fingerprint density at radius 1 is 1.17 bits per heavy atom. The Morgan fingerprint density at radius 3 is 2.50 bits per heavy atom. The molecule has 8 nitrogen and oxygen atoms in total. The van der Waals surface area contributed by atoms with Gasteiger partial charge in [-0.1, -0.05) is 17.7 Å². The molecule has 0 spiro atoms. The molecule has 1 fully saturated rings. The number of rotatable bonds is 8. The number of nitrogens with zero attached hydrogens (tertiary/aromatic N) is 3. The summed E-state index contributed by atoms with van der Waals surface area (Å²) >= 11 is 6.26. The number of hydrogen-bond acceptors (Lipinski definition) is 7. The summed E-state index contributed by atoms with van der Waals surface area (Å²) in [5.74, 6) is -1.51. The molecule has 0 amide bonds. The SMILES string of the molecule is COc1ccc(CN(c2cccc(F)n2)S(=O)(=O)c2c(C)cc(N3CC(O)C3)c(Cl)c2F)c(OC)c1. The molecule has 3 aromatic rings. The highest BCUT2D eigenvalue weighted by molar-refractivity contribution is 7.92. The van der Waals surface area contributed by atoms with Crippen molar-refractivity contribution < 1.29 is 31.8 Å². The van der Waals surface area contributed by atoms with E-state index in [2.05, 4.69) is 4.98 Å². The van der Waals surface area contributed by atoms with E-state index in [0.717, 1.165) is 10.4 Å². The number of halogens is 3. The first-order valence-corrected chi connectivity index (χ1v) is 12.7. The van der Waals surface area contributed by atoms with Crippen LogP contribution in [0.15, 0.2) is 47.4 Å². The van der Waals surface area contributed by atoms with Crippen LogP contribution >= 0.6 is 11.6 Å². The summed E-state index contributed by atoms with van der Waals surface area (Å²) < 4.78 is 68.9. The molecule has 12 heteroatoms. The van der Waals surface area contributed by atoms with Crippen LogP contribution in [0.4, 0.5) is 20.3 Å². The number of anilines is 2. The average Bonchev–Trinajstić information content (AvgIpc) is 2.82. The van der Waals surface area contributed by atoms with Crippen molar-refractivity contribution in [3.8, 4) is 11.5 Å². The van der Waals surface area contributed by atoms with E-state index >= 15 is 4.39 Å². The van der Waals surface area contributed by atoms with Crippen LogP contribution in [-0.2, 0) is 16.6 Å². The molecule has 0 atom stereocenters. The number of aryl methyl sites for hydroxylation is 1.